The van der Waals surface area contributed by atoms with Crippen LogP contribution in [0.5, 0.6) is 0 Å². The van der Waals surface area contributed by atoms with Crippen molar-refractivity contribution in [2.24, 2.45) is 0 Å². The van der Waals surface area contributed by atoms with E-state index in [1.165, 1.54) is 12.7 Å². The van der Waals surface area contributed by atoms with E-state index in [1.54, 1.807) is 18.2 Å². The molecule has 1 aliphatic rings. The number of methoxy groups -OCH3 is 1. The summed E-state index contributed by atoms with van der Waals surface area (Å²) in [5, 5.41) is 2.88. The molecule has 1 aliphatic heterocycles. The minimum atomic E-state index is -0.443. The number of amides is 2. The van der Waals surface area contributed by atoms with Crippen LogP contribution >= 0.6 is 0 Å². The van der Waals surface area contributed by atoms with Crippen molar-refractivity contribution in [3.8, 4) is 0 Å². The van der Waals surface area contributed by atoms with Crippen molar-refractivity contribution < 1.29 is 19.1 Å². The molecule has 0 bridgehead atoms. The normalized spacial score (nSPS) is 14.2. The summed E-state index contributed by atoms with van der Waals surface area (Å²) in [6.45, 7) is 6.64. The van der Waals surface area contributed by atoms with Gasteiger partial charge in [-0.25, -0.2) is 4.79 Å². The lowest BCUT2D eigenvalue weighted by Crippen LogP contribution is -2.50. The first-order valence-electron chi connectivity index (χ1n) is 10.4. The number of anilines is 1. The quantitative estimate of drug-likeness (QED) is 0.722. The van der Waals surface area contributed by atoms with E-state index in [0.29, 0.717) is 43.9 Å². The van der Waals surface area contributed by atoms with Gasteiger partial charge in [-0.3, -0.25) is 14.5 Å². The number of ether oxygens (including phenoxy) is 1. The molecule has 0 atom stereocenters. The molecule has 0 spiro atoms. The molecule has 0 radical (unpaired) electrons. The Hall–Kier alpha value is -3.19. The van der Waals surface area contributed by atoms with Crippen LogP contribution in [-0.4, -0.2) is 67.4 Å². The van der Waals surface area contributed by atoms with Gasteiger partial charge in [-0.1, -0.05) is 35.9 Å². The number of esters is 1. The van der Waals surface area contributed by atoms with E-state index >= 15 is 0 Å². The van der Waals surface area contributed by atoms with E-state index in [9.17, 15) is 14.4 Å². The van der Waals surface area contributed by atoms with Gasteiger partial charge in [0.15, 0.2) is 0 Å². The number of nitrogens with zero attached hydrogens (tertiary/aromatic N) is 2. The van der Waals surface area contributed by atoms with E-state index in [1.807, 2.05) is 47.9 Å². The summed E-state index contributed by atoms with van der Waals surface area (Å²) < 4.78 is 4.74. The third kappa shape index (κ3) is 6.15. The van der Waals surface area contributed by atoms with Gasteiger partial charge in [-0.2, -0.15) is 0 Å². The maximum Gasteiger partial charge on any atom is 0.337 e. The van der Waals surface area contributed by atoms with Crippen molar-refractivity contribution in [2.75, 3.05) is 45.2 Å². The maximum absolute atomic E-state index is 12.6. The molecule has 2 aromatic carbocycles. The van der Waals surface area contributed by atoms with Crippen LogP contribution in [0.2, 0.25) is 0 Å². The fourth-order valence-corrected chi connectivity index (χ4v) is 3.54. The van der Waals surface area contributed by atoms with Crippen molar-refractivity contribution in [3.63, 3.8) is 0 Å². The lowest BCUT2D eigenvalue weighted by atomic mass is 10.1. The second-order valence-corrected chi connectivity index (χ2v) is 7.89. The highest BCUT2D eigenvalue weighted by molar-refractivity contribution is 5.96. The molecule has 3 rings (SSSR count). The fourth-order valence-electron chi connectivity index (χ4n) is 3.54. The molecule has 1 fully saturated rings. The molecule has 0 saturated carbocycles. The minimum absolute atomic E-state index is 0.114. The number of carbonyl (C=O) groups is 3. The summed E-state index contributed by atoms with van der Waals surface area (Å²) in [5.74, 6) is -0.477. The van der Waals surface area contributed by atoms with Gasteiger partial charge in [0.05, 0.1) is 25.6 Å². The maximum atomic E-state index is 12.6. The standard InChI is InChI=1S/C24H29N3O4/c1-17-4-7-19(8-5-17)14-23(29)27-12-10-26(11-13-27)16-22(28)25-21-15-20(24(30)31-3)9-6-18(21)2/h4-9,15H,10-14,16H2,1-3H3,(H,25,28). The van der Waals surface area contributed by atoms with E-state index in [2.05, 4.69) is 5.32 Å². The number of carbonyl (C=O) groups excluding carboxylic acids is 3. The van der Waals surface area contributed by atoms with Gasteiger partial charge < -0.3 is 15.0 Å². The SMILES string of the molecule is COC(=O)c1ccc(C)c(NC(=O)CN2CCN(C(=O)Cc3ccc(C)cc3)CC2)c1. The van der Waals surface area contributed by atoms with E-state index in [-0.39, 0.29) is 18.4 Å². The van der Waals surface area contributed by atoms with Gasteiger partial charge in [-0.05, 0) is 37.1 Å². The van der Waals surface area contributed by atoms with Crippen LogP contribution < -0.4 is 5.32 Å². The summed E-state index contributed by atoms with van der Waals surface area (Å²) >= 11 is 0. The molecular formula is C24H29N3O4. The lowest BCUT2D eigenvalue weighted by molar-refractivity contribution is -0.132. The zero-order valence-corrected chi connectivity index (χ0v) is 18.3. The summed E-state index contributed by atoms with van der Waals surface area (Å²) in [4.78, 5) is 40.7. The average molecular weight is 424 g/mol. The number of hydrogen-bond acceptors (Lipinski definition) is 5. The predicted molar refractivity (Wildman–Crippen MR) is 119 cm³/mol. The van der Waals surface area contributed by atoms with Gasteiger partial charge in [0.1, 0.15) is 0 Å². The number of benzene rings is 2. The van der Waals surface area contributed by atoms with E-state index in [4.69, 9.17) is 4.74 Å². The topological polar surface area (TPSA) is 79.0 Å². The van der Waals surface area contributed by atoms with Crippen molar-refractivity contribution in [1.82, 2.24) is 9.80 Å². The number of aryl methyl sites for hydroxylation is 2. The first kappa shape index (κ1) is 22.5. The molecule has 0 aromatic heterocycles. The Morgan fingerprint density at radius 1 is 0.968 bits per heavy atom. The second-order valence-electron chi connectivity index (χ2n) is 7.89. The zero-order valence-electron chi connectivity index (χ0n) is 18.3. The van der Waals surface area contributed by atoms with Gasteiger partial charge in [0.2, 0.25) is 11.8 Å². The van der Waals surface area contributed by atoms with Crippen LogP contribution in [0.25, 0.3) is 0 Å². The zero-order chi connectivity index (χ0) is 22.4. The monoisotopic (exact) mass is 423 g/mol. The highest BCUT2D eigenvalue weighted by Crippen LogP contribution is 2.18. The summed E-state index contributed by atoms with van der Waals surface area (Å²) in [7, 11) is 1.33. The van der Waals surface area contributed by atoms with Gasteiger partial charge in [0.25, 0.3) is 0 Å². The van der Waals surface area contributed by atoms with Crippen molar-refractivity contribution >= 4 is 23.5 Å². The van der Waals surface area contributed by atoms with Crippen LogP contribution in [0.3, 0.4) is 0 Å². The highest BCUT2D eigenvalue weighted by Gasteiger charge is 2.22. The van der Waals surface area contributed by atoms with E-state index in [0.717, 1.165) is 11.1 Å². The Morgan fingerprint density at radius 2 is 1.65 bits per heavy atom. The van der Waals surface area contributed by atoms with Crippen LogP contribution in [0.1, 0.15) is 27.0 Å². The molecule has 7 heteroatoms. The number of hydrogen-bond donors (Lipinski definition) is 1. The molecule has 1 heterocycles. The summed E-state index contributed by atoms with van der Waals surface area (Å²) in [6, 6.07) is 13.1. The number of nitrogens with one attached hydrogen (secondary N) is 1. The molecular weight excluding hydrogens is 394 g/mol. The largest absolute Gasteiger partial charge is 0.465 e. The fraction of sp³-hybridized carbons (Fsp3) is 0.375. The Bertz CT molecular complexity index is 948. The highest BCUT2D eigenvalue weighted by atomic mass is 16.5. The molecule has 0 unspecified atom stereocenters. The average Bonchev–Trinajstić information content (AvgIpc) is 2.76. The second kappa shape index (κ2) is 10.2. The molecule has 31 heavy (non-hydrogen) atoms. The Morgan fingerprint density at radius 3 is 2.29 bits per heavy atom. The molecule has 7 nitrogen and oxygen atoms in total. The van der Waals surface area contributed by atoms with Crippen molar-refractivity contribution in [3.05, 3.63) is 64.7 Å². The molecule has 164 valence electrons. The van der Waals surface area contributed by atoms with Crippen LogP contribution in [-0.2, 0) is 20.7 Å². The smallest absolute Gasteiger partial charge is 0.337 e. The summed E-state index contributed by atoms with van der Waals surface area (Å²) in [6.07, 6.45) is 0.399. The number of piperazine rings is 1. The van der Waals surface area contributed by atoms with Crippen LogP contribution in [0, 0.1) is 13.8 Å². The van der Waals surface area contributed by atoms with Gasteiger partial charge in [-0.15, -0.1) is 0 Å². The molecule has 0 aliphatic carbocycles. The molecule has 2 aromatic rings. The van der Waals surface area contributed by atoms with Gasteiger partial charge >= 0.3 is 5.97 Å². The van der Waals surface area contributed by atoms with Gasteiger partial charge in [0, 0.05) is 31.9 Å². The first-order valence-corrected chi connectivity index (χ1v) is 10.4. The number of rotatable bonds is 6. The molecule has 1 saturated heterocycles. The third-order valence-corrected chi connectivity index (χ3v) is 5.50. The Labute approximate surface area is 183 Å². The third-order valence-electron chi connectivity index (χ3n) is 5.50. The minimum Gasteiger partial charge on any atom is -0.465 e. The Balaban J connectivity index is 1.48. The van der Waals surface area contributed by atoms with Crippen molar-refractivity contribution in [2.45, 2.75) is 20.3 Å². The first-order chi connectivity index (χ1) is 14.9. The lowest BCUT2D eigenvalue weighted by Gasteiger charge is -2.34. The molecule has 1 N–H and O–H groups in total. The van der Waals surface area contributed by atoms with Crippen LogP contribution in [0.15, 0.2) is 42.5 Å². The predicted octanol–water partition coefficient (Wildman–Crippen LogP) is 2.42. The molecule has 2 amide bonds. The van der Waals surface area contributed by atoms with Crippen molar-refractivity contribution in [1.29, 1.82) is 0 Å². The Kier molecular flexibility index (Phi) is 7.41. The van der Waals surface area contributed by atoms with E-state index < -0.39 is 5.97 Å². The van der Waals surface area contributed by atoms with Crippen LogP contribution in [0.4, 0.5) is 5.69 Å². The summed E-state index contributed by atoms with van der Waals surface area (Å²) in [5.41, 5.74) is 4.05.